The Labute approximate surface area is 201 Å². The number of nitrogens with zero attached hydrogens (tertiary/aromatic N) is 2. The van der Waals surface area contributed by atoms with Crippen LogP contribution in [0.1, 0.15) is 40.9 Å². The van der Waals surface area contributed by atoms with E-state index in [1.165, 1.54) is 34.8 Å². The highest BCUT2D eigenvalue weighted by Gasteiger charge is 2.28. The quantitative estimate of drug-likeness (QED) is 0.579. The fraction of sp³-hybridized carbons (Fsp3) is 0.480. The van der Waals surface area contributed by atoms with Gasteiger partial charge in [-0.15, -0.1) is 0 Å². The molecular formula is C25H28F2N2O6. The van der Waals surface area contributed by atoms with Gasteiger partial charge in [0.1, 0.15) is 17.9 Å². The third-order valence-corrected chi connectivity index (χ3v) is 6.41. The third-order valence-electron chi connectivity index (χ3n) is 6.41. The number of ether oxygens (including phenoxy) is 3. The van der Waals surface area contributed by atoms with Crippen molar-refractivity contribution in [2.24, 2.45) is 0 Å². The molecule has 0 saturated carbocycles. The van der Waals surface area contributed by atoms with Crippen molar-refractivity contribution in [1.29, 1.82) is 0 Å². The molecule has 2 aliphatic rings. The van der Waals surface area contributed by atoms with E-state index in [0.717, 1.165) is 25.3 Å². The lowest BCUT2D eigenvalue weighted by molar-refractivity contribution is -0.130. The summed E-state index contributed by atoms with van der Waals surface area (Å²) < 4.78 is 45.5. The first kappa shape index (κ1) is 24.8. The van der Waals surface area contributed by atoms with Gasteiger partial charge in [-0.05, 0) is 25.3 Å². The average molecular weight is 491 g/mol. The summed E-state index contributed by atoms with van der Waals surface area (Å²) in [5, 5.41) is 0. The minimum absolute atomic E-state index is 0.0372. The Bertz CT molecular complexity index is 1160. The number of hydrogen-bond donors (Lipinski definition) is 0. The Morgan fingerprint density at radius 3 is 2.74 bits per heavy atom. The first-order valence-corrected chi connectivity index (χ1v) is 11.7. The molecule has 1 fully saturated rings. The summed E-state index contributed by atoms with van der Waals surface area (Å²) in [6.07, 6.45) is 2.61. The number of rotatable bonds is 6. The highest BCUT2D eigenvalue weighted by Crippen LogP contribution is 2.25. The van der Waals surface area contributed by atoms with Gasteiger partial charge < -0.3 is 23.7 Å². The Kier molecular flexibility index (Phi) is 7.80. The minimum atomic E-state index is -1.05. The van der Waals surface area contributed by atoms with Gasteiger partial charge in [0.2, 0.25) is 5.91 Å². The summed E-state index contributed by atoms with van der Waals surface area (Å²) in [6, 6.07) is 4.97. The van der Waals surface area contributed by atoms with E-state index in [4.69, 9.17) is 14.2 Å². The smallest absolute Gasteiger partial charge is 0.343 e. The monoisotopic (exact) mass is 490 g/mol. The molecule has 1 saturated heterocycles. The Morgan fingerprint density at radius 1 is 1.17 bits per heavy atom. The molecule has 2 aromatic rings. The molecule has 1 amide bonds. The number of hydrogen-bond acceptors (Lipinski definition) is 6. The van der Waals surface area contributed by atoms with Gasteiger partial charge in [0.25, 0.3) is 5.56 Å². The van der Waals surface area contributed by atoms with E-state index in [1.54, 1.807) is 0 Å². The van der Waals surface area contributed by atoms with Crippen molar-refractivity contribution >= 4 is 11.9 Å². The first-order valence-electron chi connectivity index (χ1n) is 11.7. The largest absolute Gasteiger partial charge is 0.490 e. The maximum Gasteiger partial charge on any atom is 0.343 e. The molecular weight excluding hydrogens is 462 g/mol. The maximum atomic E-state index is 14.0. The van der Waals surface area contributed by atoms with Crippen LogP contribution in [0.4, 0.5) is 8.78 Å². The van der Waals surface area contributed by atoms with Gasteiger partial charge in [-0.1, -0.05) is 12.1 Å². The van der Waals surface area contributed by atoms with Crippen LogP contribution in [0.15, 0.2) is 29.1 Å². The van der Waals surface area contributed by atoms with E-state index in [9.17, 15) is 23.2 Å². The molecule has 0 unspecified atom stereocenters. The molecule has 1 aromatic heterocycles. The number of amides is 1. The van der Waals surface area contributed by atoms with Crippen LogP contribution in [0.25, 0.3) is 0 Å². The van der Waals surface area contributed by atoms with Crippen LogP contribution >= 0.6 is 0 Å². The standard InChI is InChI=1S/C25H28F2N2O6/c1-33-25(32)23-19-8-9-28(21(30)13-16-5-4-7-18(26)24(16)27)10-11-29(19)22(31)14-20(23)35-15-17-6-2-3-12-34-17/h4-5,7,14,17H,2-3,6,8-13,15H2,1H3/t17-/m0/s1. The summed E-state index contributed by atoms with van der Waals surface area (Å²) in [5.74, 6) is -2.98. The van der Waals surface area contributed by atoms with Gasteiger partial charge >= 0.3 is 5.97 Å². The van der Waals surface area contributed by atoms with Crippen LogP contribution in [-0.4, -0.2) is 60.9 Å². The lowest BCUT2D eigenvalue weighted by Gasteiger charge is -2.24. The van der Waals surface area contributed by atoms with E-state index in [0.29, 0.717) is 12.3 Å². The highest BCUT2D eigenvalue weighted by atomic mass is 19.2. The summed E-state index contributed by atoms with van der Waals surface area (Å²) in [5.41, 5.74) is 0.159. The lowest BCUT2D eigenvalue weighted by Crippen LogP contribution is -2.35. The van der Waals surface area contributed by atoms with Crippen molar-refractivity contribution in [3.8, 4) is 5.75 Å². The number of benzene rings is 1. The number of halogens is 2. The van der Waals surface area contributed by atoms with Crippen LogP contribution in [0.2, 0.25) is 0 Å². The van der Waals surface area contributed by atoms with Gasteiger partial charge in [-0.25, -0.2) is 13.6 Å². The fourth-order valence-electron chi connectivity index (χ4n) is 4.52. The summed E-state index contributed by atoms with van der Waals surface area (Å²) in [7, 11) is 1.25. The number of fused-ring (bicyclic) bond motifs is 1. The van der Waals surface area contributed by atoms with Crippen LogP contribution in [0.5, 0.6) is 5.75 Å². The zero-order valence-electron chi connectivity index (χ0n) is 19.6. The predicted molar refractivity (Wildman–Crippen MR) is 121 cm³/mol. The second kappa shape index (κ2) is 11.0. The molecule has 188 valence electrons. The summed E-state index contributed by atoms with van der Waals surface area (Å²) in [6.45, 7) is 1.36. The molecule has 35 heavy (non-hydrogen) atoms. The van der Waals surface area contributed by atoms with E-state index in [1.807, 2.05) is 0 Å². The second-order valence-electron chi connectivity index (χ2n) is 8.63. The molecule has 0 aliphatic carbocycles. The van der Waals surface area contributed by atoms with E-state index in [-0.39, 0.29) is 67.6 Å². The van der Waals surface area contributed by atoms with Crippen LogP contribution in [0, 0.1) is 11.6 Å². The molecule has 2 aliphatic heterocycles. The van der Waals surface area contributed by atoms with Gasteiger partial charge in [0, 0.05) is 50.0 Å². The maximum absolute atomic E-state index is 14.0. The van der Waals surface area contributed by atoms with Crippen molar-refractivity contribution in [3.63, 3.8) is 0 Å². The number of pyridine rings is 1. The number of carbonyl (C=O) groups excluding carboxylic acids is 2. The molecule has 0 bridgehead atoms. The van der Waals surface area contributed by atoms with Gasteiger partial charge in [-0.2, -0.15) is 0 Å². The Hall–Kier alpha value is -3.27. The zero-order chi connectivity index (χ0) is 24.9. The van der Waals surface area contributed by atoms with Crippen LogP contribution < -0.4 is 10.3 Å². The predicted octanol–water partition coefficient (Wildman–Crippen LogP) is 2.49. The second-order valence-corrected chi connectivity index (χ2v) is 8.63. The molecule has 10 heteroatoms. The Balaban J connectivity index is 1.55. The van der Waals surface area contributed by atoms with Crippen molar-refractivity contribution < 1.29 is 32.6 Å². The minimum Gasteiger partial charge on any atom is -0.490 e. The molecule has 3 heterocycles. The van der Waals surface area contributed by atoms with E-state index in [2.05, 4.69) is 0 Å². The van der Waals surface area contributed by atoms with E-state index >= 15 is 0 Å². The zero-order valence-corrected chi connectivity index (χ0v) is 19.6. The van der Waals surface area contributed by atoms with Crippen molar-refractivity contribution in [1.82, 2.24) is 9.47 Å². The molecule has 4 rings (SSSR count). The van der Waals surface area contributed by atoms with Gasteiger partial charge in [-0.3, -0.25) is 9.59 Å². The first-order chi connectivity index (χ1) is 16.9. The Morgan fingerprint density at radius 2 is 2.00 bits per heavy atom. The SMILES string of the molecule is COC(=O)c1c(OC[C@@H]2CCCCO2)cc(=O)n2c1CCN(C(=O)Cc1cccc(F)c1F)CC2. The number of carbonyl (C=O) groups is 2. The molecule has 0 N–H and O–H groups in total. The van der Waals surface area contributed by atoms with Crippen molar-refractivity contribution in [3.05, 3.63) is 63.1 Å². The van der Waals surface area contributed by atoms with E-state index < -0.39 is 23.5 Å². The topological polar surface area (TPSA) is 87.1 Å². The number of methoxy groups -OCH3 is 1. The molecule has 8 nitrogen and oxygen atoms in total. The van der Waals surface area contributed by atoms with Crippen molar-refractivity contribution in [2.45, 2.75) is 44.8 Å². The molecule has 0 spiro atoms. The van der Waals surface area contributed by atoms with Crippen LogP contribution in [-0.2, 0) is 33.7 Å². The van der Waals surface area contributed by atoms with Crippen LogP contribution in [0.3, 0.4) is 0 Å². The third kappa shape index (κ3) is 5.53. The average Bonchev–Trinajstić information content (AvgIpc) is 3.09. The van der Waals surface area contributed by atoms with Gasteiger partial charge in [0.05, 0.1) is 19.6 Å². The molecule has 1 atom stereocenters. The summed E-state index contributed by atoms with van der Waals surface area (Å²) >= 11 is 0. The lowest BCUT2D eigenvalue weighted by atomic mass is 10.1. The number of esters is 1. The van der Waals surface area contributed by atoms with Gasteiger partial charge in [0.15, 0.2) is 11.6 Å². The summed E-state index contributed by atoms with van der Waals surface area (Å²) in [4.78, 5) is 39.9. The molecule has 1 aromatic carbocycles. The normalized spacial score (nSPS) is 17.9. The molecule has 0 radical (unpaired) electrons. The number of aromatic nitrogens is 1. The van der Waals surface area contributed by atoms with Crippen molar-refractivity contribution in [2.75, 3.05) is 33.4 Å². The highest BCUT2D eigenvalue weighted by molar-refractivity contribution is 5.93. The fourth-order valence-corrected chi connectivity index (χ4v) is 4.52.